The van der Waals surface area contributed by atoms with Crippen molar-refractivity contribution in [2.75, 3.05) is 20.0 Å². The third-order valence-electron chi connectivity index (χ3n) is 2.61. The van der Waals surface area contributed by atoms with Crippen molar-refractivity contribution in [1.82, 2.24) is 15.2 Å². The van der Waals surface area contributed by atoms with Crippen molar-refractivity contribution in [3.63, 3.8) is 0 Å². The molecule has 94 valence electrons. The van der Waals surface area contributed by atoms with Crippen LogP contribution < -0.4 is 15.2 Å². The second-order valence-corrected chi connectivity index (χ2v) is 3.72. The number of anilines is 1. The van der Waals surface area contributed by atoms with Gasteiger partial charge >= 0.3 is 0 Å². The molecule has 1 aromatic heterocycles. The third-order valence-corrected chi connectivity index (χ3v) is 2.61. The standard InChI is InChI=1S/C12H14N4O2/c1-7-4-8(17-2)5-9(18-3)10(7)11-12(13)14-6-15-16-11/h4-6H,1-3H3,(H2,13,14,15). The summed E-state index contributed by atoms with van der Waals surface area (Å²) in [6, 6.07) is 3.66. The van der Waals surface area contributed by atoms with E-state index in [9.17, 15) is 0 Å². The summed E-state index contributed by atoms with van der Waals surface area (Å²) < 4.78 is 10.5. The minimum absolute atomic E-state index is 0.316. The van der Waals surface area contributed by atoms with Gasteiger partial charge < -0.3 is 15.2 Å². The van der Waals surface area contributed by atoms with Gasteiger partial charge in [-0.05, 0) is 18.6 Å². The monoisotopic (exact) mass is 246 g/mol. The van der Waals surface area contributed by atoms with Crippen LogP contribution in [0.25, 0.3) is 11.3 Å². The maximum absolute atomic E-state index is 5.82. The molecule has 0 aliphatic heterocycles. The normalized spacial score (nSPS) is 10.2. The molecule has 6 heteroatoms. The molecule has 0 spiro atoms. The van der Waals surface area contributed by atoms with E-state index >= 15 is 0 Å². The van der Waals surface area contributed by atoms with Crippen molar-refractivity contribution < 1.29 is 9.47 Å². The van der Waals surface area contributed by atoms with Crippen LogP contribution >= 0.6 is 0 Å². The molecule has 1 aromatic carbocycles. The van der Waals surface area contributed by atoms with Crippen LogP contribution in [0.3, 0.4) is 0 Å². The van der Waals surface area contributed by atoms with Crippen LogP contribution in [0.1, 0.15) is 5.56 Å². The molecule has 0 fully saturated rings. The van der Waals surface area contributed by atoms with Crippen molar-refractivity contribution >= 4 is 5.82 Å². The molecule has 0 aliphatic carbocycles. The molecule has 6 nitrogen and oxygen atoms in total. The molecular formula is C12H14N4O2. The molecule has 18 heavy (non-hydrogen) atoms. The number of hydrogen-bond donors (Lipinski definition) is 1. The molecule has 1 heterocycles. The zero-order valence-electron chi connectivity index (χ0n) is 10.5. The lowest BCUT2D eigenvalue weighted by atomic mass is 10.0. The van der Waals surface area contributed by atoms with E-state index < -0.39 is 0 Å². The summed E-state index contributed by atoms with van der Waals surface area (Å²) in [4.78, 5) is 3.93. The number of methoxy groups -OCH3 is 2. The topological polar surface area (TPSA) is 83.2 Å². The fourth-order valence-corrected chi connectivity index (χ4v) is 1.77. The average Bonchev–Trinajstić information content (AvgIpc) is 2.39. The highest BCUT2D eigenvalue weighted by Crippen LogP contribution is 2.37. The molecule has 2 N–H and O–H groups in total. The molecule has 2 rings (SSSR count). The van der Waals surface area contributed by atoms with Gasteiger partial charge in [0, 0.05) is 6.07 Å². The number of nitrogens with zero attached hydrogens (tertiary/aromatic N) is 3. The van der Waals surface area contributed by atoms with Crippen LogP contribution in [0.4, 0.5) is 5.82 Å². The number of ether oxygens (including phenoxy) is 2. The van der Waals surface area contributed by atoms with Crippen LogP contribution in [0.5, 0.6) is 11.5 Å². The minimum Gasteiger partial charge on any atom is -0.497 e. The summed E-state index contributed by atoms with van der Waals surface area (Å²) in [5, 5.41) is 7.77. The van der Waals surface area contributed by atoms with Gasteiger partial charge in [-0.1, -0.05) is 0 Å². The summed E-state index contributed by atoms with van der Waals surface area (Å²) >= 11 is 0. The minimum atomic E-state index is 0.316. The molecule has 0 amide bonds. The summed E-state index contributed by atoms with van der Waals surface area (Å²) in [5.41, 5.74) is 8.03. The fraction of sp³-hybridized carbons (Fsp3) is 0.250. The van der Waals surface area contributed by atoms with Crippen molar-refractivity contribution in [3.05, 3.63) is 24.0 Å². The Hall–Kier alpha value is -2.37. The van der Waals surface area contributed by atoms with Gasteiger partial charge in [-0.25, -0.2) is 4.98 Å². The third kappa shape index (κ3) is 2.04. The van der Waals surface area contributed by atoms with Crippen molar-refractivity contribution in [3.8, 4) is 22.8 Å². The molecule has 0 saturated heterocycles. The van der Waals surface area contributed by atoms with E-state index in [1.165, 1.54) is 6.33 Å². The Balaban J connectivity index is 2.67. The van der Waals surface area contributed by atoms with E-state index in [0.29, 0.717) is 23.0 Å². The van der Waals surface area contributed by atoms with Gasteiger partial charge in [0.2, 0.25) is 0 Å². The molecule has 0 bridgehead atoms. The first-order chi connectivity index (χ1) is 8.67. The highest BCUT2D eigenvalue weighted by atomic mass is 16.5. The lowest BCUT2D eigenvalue weighted by molar-refractivity contribution is 0.394. The Bertz CT molecular complexity index is 572. The number of benzene rings is 1. The predicted octanol–water partition coefficient (Wildman–Crippen LogP) is 1.45. The summed E-state index contributed by atoms with van der Waals surface area (Å²) in [7, 11) is 3.18. The highest BCUT2D eigenvalue weighted by molar-refractivity contribution is 5.78. The maximum Gasteiger partial charge on any atom is 0.153 e. The fourth-order valence-electron chi connectivity index (χ4n) is 1.77. The second kappa shape index (κ2) is 4.87. The Morgan fingerprint density at radius 3 is 2.56 bits per heavy atom. The van der Waals surface area contributed by atoms with E-state index in [2.05, 4.69) is 15.2 Å². The highest BCUT2D eigenvalue weighted by Gasteiger charge is 2.16. The van der Waals surface area contributed by atoms with Gasteiger partial charge in [-0.2, -0.15) is 0 Å². The quantitative estimate of drug-likeness (QED) is 0.882. The number of rotatable bonds is 3. The number of aryl methyl sites for hydroxylation is 1. The Morgan fingerprint density at radius 2 is 1.94 bits per heavy atom. The van der Waals surface area contributed by atoms with Crippen LogP contribution in [0, 0.1) is 6.92 Å². The smallest absolute Gasteiger partial charge is 0.153 e. The van der Waals surface area contributed by atoms with E-state index in [-0.39, 0.29) is 0 Å². The van der Waals surface area contributed by atoms with Gasteiger partial charge in [0.15, 0.2) is 5.82 Å². The SMILES string of the molecule is COc1cc(C)c(-c2nncnc2N)c(OC)c1. The molecule has 0 aliphatic rings. The van der Waals surface area contributed by atoms with E-state index in [0.717, 1.165) is 11.1 Å². The van der Waals surface area contributed by atoms with E-state index in [4.69, 9.17) is 15.2 Å². The van der Waals surface area contributed by atoms with Crippen LogP contribution in [0.2, 0.25) is 0 Å². The first-order valence-corrected chi connectivity index (χ1v) is 5.33. The second-order valence-electron chi connectivity index (χ2n) is 3.72. The molecule has 0 atom stereocenters. The molecule has 0 saturated carbocycles. The van der Waals surface area contributed by atoms with Gasteiger partial charge in [-0.3, -0.25) is 0 Å². The number of hydrogen-bond acceptors (Lipinski definition) is 6. The number of nitrogens with two attached hydrogens (primary N) is 1. The zero-order chi connectivity index (χ0) is 13.1. The predicted molar refractivity (Wildman–Crippen MR) is 67.5 cm³/mol. The van der Waals surface area contributed by atoms with Gasteiger partial charge in [-0.15, -0.1) is 10.2 Å². The van der Waals surface area contributed by atoms with Crippen molar-refractivity contribution in [1.29, 1.82) is 0 Å². The van der Waals surface area contributed by atoms with Crippen molar-refractivity contribution in [2.45, 2.75) is 6.92 Å². The van der Waals surface area contributed by atoms with Gasteiger partial charge in [0.1, 0.15) is 23.5 Å². The summed E-state index contributed by atoms with van der Waals surface area (Å²) in [6.45, 7) is 1.93. The van der Waals surface area contributed by atoms with Crippen LogP contribution in [-0.4, -0.2) is 29.4 Å². The number of nitrogen functional groups attached to an aromatic ring is 1. The van der Waals surface area contributed by atoms with E-state index in [1.54, 1.807) is 20.3 Å². The molecule has 0 unspecified atom stereocenters. The molecule has 2 aromatic rings. The first kappa shape index (κ1) is 12.1. The van der Waals surface area contributed by atoms with Crippen molar-refractivity contribution in [2.24, 2.45) is 0 Å². The van der Waals surface area contributed by atoms with Crippen LogP contribution in [-0.2, 0) is 0 Å². The Kier molecular flexibility index (Phi) is 3.27. The van der Waals surface area contributed by atoms with Crippen LogP contribution in [0.15, 0.2) is 18.5 Å². The first-order valence-electron chi connectivity index (χ1n) is 5.33. The Labute approximate surface area is 105 Å². The van der Waals surface area contributed by atoms with E-state index in [1.807, 2.05) is 13.0 Å². The largest absolute Gasteiger partial charge is 0.497 e. The zero-order valence-corrected chi connectivity index (χ0v) is 10.5. The summed E-state index contributed by atoms with van der Waals surface area (Å²) in [6.07, 6.45) is 1.31. The van der Waals surface area contributed by atoms with Gasteiger partial charge in [0.25, 0.3) is 0 Å². The lowest BCUT2D eigenvalue weighted by Gasteiger charge is -2.13. The number of aromatic nitrogens is 3. The molecule has 0 radical (unpaired) electrons. The lowest BCUT2D eigenvalue weighted by Crippen LogP contribution is -2.02. The Morgan fingerprint density at radius 1 is 1.17 bits per heavy atom. The summed E-state index contributed by atoms with van der Waals surface area (Å²) in [5.74, 6) is 1.65. The van der Waals surface area contributed by atoms with Gasteiger partial charge in [0.05, 0.1) is 19.8 Å². The molecular weight excluding hydrogens is 232 g/mol. The maximum atomic E-state index is 5.82. The average molecular weight is 246 g/mol.